The van der Waals surface area contributed by atoms with E-state index in [0.29, 0.717) is 13.2 Å². The van der Waals surface area contributed by atoms with E-state index in [4.69, 9.17) is 9.57 Å². The van der Waals surface area contributed by atoms with E-state index in [0.717, 1.165) is 16.0 Å². The molecule has 0 radical (unpaired) electrons. The van der Waals surface area contributed by atoms with Crippen LogP contribution in [-0.2, 0) is 21.0 Å². The van der Waals surface area contributed by atoms with E-state index < -0.39 is 6.09 Å². The number of ether oxygens (including phenoxy) is 1. The van der Waals surface area contributed by atoms with Crippen LogP contribution in [0, 0.1) is 0 Å². The predicted molar refractivity (Wildman–Crippen MR) is 91.2 cm³/mol. The number of nitrogens with one attached hydrogen (secondary N) is 1. The van der Waals surface area contributed by atoms with Crippen LogP contribution in [0.15, 0.2) is 60.7 Å². The van der Waals surface area contributed by atoms with Gasteiger partial charge in [-0.1, -0.05) is 60.7 Å². The van der Waals surface area contributed by atoms with Crippen LogP contribution in [0.1, 0.15) is 23.6 Å². The molecule has 1 atom stereocenters. The summed E-state index contributed by atoms with van der Waals surface area (Å²) >= 11 is 0. The number of benzene rings is 2. The van der Waals surface area contributed by atoms with Crippen molar-refractivity contribution in [2.24, 2.45) is 0 Å². The Balaban J connectivity index is 1.63. The average Bonchev–Trinajstić information content (AvgIpc) is 3.08. The zero-order valence-corrected chi connectivity index (χ0v) is 13.8. The Kier molecular flexibility index (Phi) is 5.77. The fraction of sp³-hybridized carbons (Fsp3) is 0.263. The Morgan fingerprint density at radius 3 is 2.44 bits per heavy atom. The second-order valence-corrected chi connectivity index (χ2v) is 5.72. The summed E-state index contributed by atoms with van der Waals surface area (Å²) in [6.07, 6.45) is -0.476. The Morgan fingerprint density at radius 1 is 1.12 bits per heavy atom. The van der Waals surface area contributed by atoms with Crippen LogP contribution in [-0.4, -0.2) is 30.1 Å². The number of carbonyl (C=O) groups excluding carboxylic acids is 2. The third kappa shape index (κ3) is 4.65. The second kappa shape index (κ2) is 8.41. The summed E-state index contributed by atoms with van der Waals surface area (Å²) in [5.74, 6) is -0.285. The van der Waals surface area contributed by atoms with Crippen molar-refractivity contribution in [1.29, 1.82) is 0 Å². The molecule has 25 heavy (non-hydrogen) atoms. The second-order valence-electron chi connectivity index (χ2n) is 5.72. The summed E-state index contributed by atoms with van der Waals surface area (Å²) < 4.78 is 4.83. The van der Waals surface area contributed by atoms with Crippen molar-refractivity contribution in [2.75, 3.05) is 13.2 Å². The fourth-order valence-corrected chi connectivity index (χ4v) is 2.62. The lowest BCUT2D eigenvalue weighted by Crippen LogP contribution is -2.35. The highest BCUT2D eigenvalue weighted by atomic mass is 16.6. The van der Waals surface area contributed by atoms with Crippen molar-refractivity contribution >= 4 is 12.0 Å². The van der Waals surface area contributed by atoms with E-state index in [9.17, 15) is 9.59 Å². The van der Waals surface area contributed by atoms with Gasteiger partial charge in [0.15, 0.2) is 0 Å². The van der Waals surface area contributed by atoms with Crippen LogP contribution < -0.4 is 5.48 Å². The number of imide groups is 1. The average molecular weight is 340 g/mol. The first-order chi connectivity index (χ1) is 12.2. The molecule has 2 aromatic rings. The largest absolute Gasteiger partial charge is 0.447 e. The molecule has 0 unspecified atom stereocenters. The maximum Gasteiger partial charge on any atom is 0.416 e. The van der Waals surface area contributed by atoms with Gasteiger partial charge in [0.05, 0.1) is 19.2 Å². The minimum atomic E-state index is -0.581. The van der Waals surface area contributed by atoms with E-state index in [1.54, 1.807) is 0 Å². The normalized spacial score (nSPS) is 15.0. The number of carbonyl (C=O) groups is 2. The first-order valence-electron chi connectivity index (χ1n) is 8.17. The lowest BCUT2D eigenvalue weighted by Gasteiger charge is -2.20. The van der Waals surface area contributed by atoms with Crippen LogP contribution in [0.5, 0.6) is 0 Å². The van der Waals surface area contributed by atoms with Crippen LogP contribution in [0.2, 0.25) is 0 Å². The summed E-state index contributed by atoms with van der Waals surface area (Å²) in [5.41, 5.74) is 4.89. The lowest BCUT2D eigenvalue weighted by atomic mass is 10.0. The molecule has 0 saturated carbocycles. The van der Waals surface area contributed by atoms with Gasteiger partial charge in [-0.25, -0.2) is 9.69 Å². The fourth-order valence-electron chi connectivity index (χ4n) is 2.62. The summed E-state index contributed by atoms with van der Waals surface area (Å²) in [6, 6.07) is 18.9. The molecule has 1 aliphatic heterocycles. The highest BCUT2D eigenvalue weighted by Gasteiger charge is 2.30. The minimum absolute atomic E-state index is 0.105. The molecule has 1 aliphatic rings. The molecule has 0 spiro atoms. The van der Waals surface area contributed by atoms with E-state index in [1.807, 2.05) is 60.7 Å². The van der Waals surface area contributed by atoms with Crippen LogP contribution in [0.3, 0.4) is 0 Å². The van der Waals surface area contributed by atoms with Crippen molar-refractivity contribution in [1.82, 2.24) is 10.4 Å². The lowest BCUT2D eigenvalue weighted by molar-refractivity contribution is -0.129. The Morgan fingerprint density at radius 2 is 1.80 bits per heavy atom. The monoisotopic (exact) mass is 340 g/mol. The van der Waals surface area contributed by atoms with Gasteiger partial charge in [0.2, 0.25) is 5.91 Å². The smallest absolute Gasteiger partial charge is 0.416 e. The zero-order valence-electron chi connectivity index (χ0n) is 13.8. The van der Waals surface area contributed by atoms with Crippen molar-refractivity contribution in [3.8, 4) is 0 Å². The Hall–Kier alpha value is -2.70. The quantitative estimate of drug-likeness (QED) is 0.785. The topological polar surface area (TPSA) is 67.9 Å². The highest BCUT2D eigenvalue weighted by molar-refractivity contribution is 5.93. The molecule has 130 valence electrons. The first-order valence-corrected chi connectivity index (χ1v) is 8.17. The highest BCUT2D eigenvalue weighted by Crippen LogP contribution is 2.19. The van der Waals surface area contributed by atoms with E-state index in [2.05, 4.69) is 5.48 Å². The van der Waals surface area contributed by atoms with Gasteiger partial charge in [-0.15, -0.1) is 0 Å². The van der Waals surface area contributed by atoms with Crippen molar-refractivity contribution in [2.45, 2.75) is 19.1 Å². The van der Waals surface area contributed by atoms with E-state index in [-0.39, 0.29) is 25.0 Å². The molecule has 1 fully saturated rings. The summed E-state index contributed by atoms with van der Waals surface area (Å²) in [6.45, 7) is 0.923. The van der Waals surface area contributed by atoms with Gasteiger partial charge in [0.1, 0.15) is 6.61 Å². The molecule has 3 rings (SSSR count). The minimum Gasteiger partial charge on any atom is -0.447 e. The summed E-state index contributed by atoms with van der Waals surface area (Å²) in [4.78, 5) is 30.7. The molecule has 0 bridgehead atoms. The Bertz CT molecular complexity index is 706. The van der Waals surface area contributed by atoms with Crippen molar-refractivity contribution in [3.63, 3.8) is 0 Å². The molecule has 1 N–H and O–H groups in total. The number of rotatable bonds is 7. The molecule has 2 aromatic carbocycles. The number of hydrogen-bond acceptors (Lipinski definition) is 5. The molecule has 6 nitrogen and oxygen atoms in total. The van der Waals surface area contributed by atoms with Gasteiger partial charge in [0, 0.05) is 6.42 Å². The third-order valence-corrected chi connectivity index (χ3v) is 3.95. The first kappa shape index (κ1) is 17.1. The standard InChI is InChI=1S/C19H20N2O4/c22-18(21-11-12-24-19(21)23)13-17(16-9-5-2-6-10-16)20-25-14-15-7-3-1-4-8-15/h1-10,17,20H,11-14H2/t17-/m0/s1. The number of nitrogens with zero attached hydrogens (tertiary/aromatic N) is 1. The van der Waals surface area contributed by atoms with Gasteiger partial charge >= 0.3 is 6.09 Å². The Labute approximate surface area is 146 Å². The van der Waals surface area contributed by atoms with E-state index in [1.165, 1.54) is 0 Å². The maximum atomic E-state index is 12.4. The SMILES string of the molecule is O=C(C[C@H](NOCc1ccccc1)c1ccccc1)N1CCOC1=O. The van der Waals surface area contributed by atoms with E-state index >= 15 is 0 Å². The van der Waals surface area contributed by atoms with Crippen LogP contribution in [0.4, 0.5) is 4.79 Å². The van der Waals surface area contributed by atoms with Gasteiger partial charge in [0.25, 0.3) is 0 Å². The molecule has 1 heterocycles. The number of hydroxylamine groups is 1. The van der Waals surface area contributed by atoms with Gasteiger partial charge in [-0.2, -0.15) is 5.48 Å². The molecule has 0 aromatic heterocycles. The van der Waals surface area contributed by atoms with Crippen LogP contribution in [0.25, 0.3) is 0 Å². The number of hydrogen-bond donors (Lipinski definition) is 1. The third-order valence-electron chi connectivity index (χ3n) is 3.95. The van der Waals surface area contributed by atoms with Gasteiger partial charge < -0.3 is 4.74 Å². The molecule has 0 aliphatic carbocycles. The van der Waals surface area contributed by atoms with Gasteiger partial charge in [-0.3, -0.25) is 9.63 Å². The molecule has 6 heteroatoms. The molecular weight excluding hydrogens is 320 g/mol. The van der Waals surface area contributed by atoms with Crippen molar-refractivity contribution in [3.05, 3.63) is 71.8 Å². The molecule has 2 amide bonds. The summed E-state index contributed by atoms with van der Waals surface area (Å²) in [5, 5.41) is 0. The number of cyclic esters (lactones) is 1. The van der Waals surface area contributed by atoms with Crippen molar-refractivity contribution < 1.29 is 19.2 Å². The molecular formula is C19H20N2O4. The number of amides is 2. The molecule has 1 saturated heterocycles. The van der Waals surface area contributed by atoms with Crippen LogP contribution >= 0.6 is 0 Å². The maximum absolute atomic E-state index is 12.4. The van der Waals surface area contributed by atoms with Gasteiger partial charge in [-0.05, 0) is 11.1 Å². The zero-order chi connectivity index (χ0) is 17.5. The summed E-state index contributed by atoms with van der Waals surface area (Å²) in [7, 11) is 0. The predicted octanol–water partition coefficient (Wildman–Crippen LogP) is 2.82.